The summed E-state index contributed by atoms with van der Waals surface area (Å²) in [5, 5.41) is 0. The predicted molar refractivity (Wildman–Crippen MR) is 62.0 cm³/mol. The molecule has 0 fully saturated rings. The third kappa shape index (κ3) is 5.90. The molecular weight excluding hydrogens is 156 g/mol. The summed E-state index contributed by atoms with van der Waals surface area (Å²) < 4.78 is 0. The highest BCUT2D eigenvalue weighted by molar-refractivity contribution is 4.88. The summed E-state index contributed by atoms with van der Waals surface area (Å²) in [5.41, 5.74) is 0.544. The van der Waals surface area contributed by atoms with Crippen molar-refractivity contribution < 1.29 is 0 Å². The van der Waals surface area contributed by atoms with Gasteiger partial charge in [-0.1, -0.05) is 65.5 Å². The van der Waals surface area contributed by atoms with E-state index in [0.29, 0.717) is 5.41 Å². The molecule has 0 N–H and O–H groups in total. The monoisotopic (exact) mass is 182 g/mol. The molecule has 0 rings (SSSR count). The van der Waals surface area contributed by atoms with Crippen LogP contribution in [0.25, 0.3) is 0 Å². The quantitative estimate of drug-likeness (QED) is 0.386. The number of hydrogen-bond donors (Lipinski definition) is 0. The van der Waals surface area contributed by atoms with Crippen LogP contribution in [-0.2, 0) is 0 Å². The van der Waals surface area contributed by atoms with Crippen LogP contribution in [0.4, 0.5) is 0 Å². The number of hydrogen-bond acceptors (Lipinski definition) is 0. The van der Waals surface area contributed by atoms with E-state index in [1.165, 1.54) is 38.5 Å². The molecule has 0 nitrogen and oxygen atoms in total. The van der Waals surface area contributed by atoms with Crippen molar-refractivity contribution in [3.8, 4) is 0 Å². The van der Waals surface area contributed by atoms with Crippen molar-refractivity contribution in [2.24, 2.45) is 5.41 Å². The first kappa shape index (κ1) is 12.7. The van der Waals surface area contributed by atoms with Crippen molar-refractivity contribution in [2.45, 2.75) is 66.2 Å². The molecule has 0 atom stereocenters. The van der Waals surface area contributed by atoms with Crippen LogP contribution in [0.2, 0.25) is 0 Å². The Bertz CT molecular complexity index is 129. The minimum Gasteiger partial charge on any atom is -0.0885 e. The molecule has 0 heteroatoms. The Kier molecular flexibility index (Phi) is 7.03. The summed E-state index contributed by atoms with van der Waals surface area (Å²) >= 11 is 0. The van der Waals surface area contributed by atoms with Gasteiger partial charge in [0, 0.05) is 0 Å². The predicted octanol–water partition coefficient (Wildman–Crippen LogP) is 4.95. The van der Waals surface area contributed by atoms with Crippen molar-refractivity contribution in [3.05, 3.63) is 12.2 Å². The third-order valence-electron chi connectivity index (χ3n) is 3.21. The second-order valence-electron chi connectivity index (χ2n) is 4.34. The summed E-state index contributed by atoms with van der Waals surface area (Å²) in [7, 11) is 0. The van der Waals surface area contributed by atoms with Gasteiger partial charge in [0.1, 0.15) is 0 Å². The zero-order valence-corrected chi connectivity index (χ0v) is 9.90. The average Bonchev–Trinajstić information content (AvgIpc) is 2.17. The third-order valence-corrected chi connectivity index (χ3v) is 3.21. The lowest BCUT2D eigenvalue weighted by molar-refractivity contribution is 0.302. The van der Waals surface area contributed by atoms with E-state index in [1.54, 1.807) is 0 Å². The molecule has 0 aliphatic carbocycles. The highest BCUT2D eigenvalue weighted by atomic mass is 14.2. The summed E-state index contributed by atoms with van der Waals surface area (Å²) in [4.78, 5) is 0. The van der Waals surface area contributed by atoms with Crippen molar-refractivity contribution in [2.75, 3.05) is 0 Å². The molecule has 0 aromatic heterocycles. The van der Waals surface area contributed by atoms with E-state index >= 15 is 0 Å². The SMILES string of the molecule is CCCCC=CCC(C)(CC)CC. The molecule has 0 aromatic carbocycles. The molecule has 78 valence electrons. The van der Waals surface area contributed by atoms with Gasteiger partial charge < -0.3 is 0 Å². The summed E-state index contributed by atoms with van der Waals surface area (Å²) in [6, 6.07) is 0. The Hall–Kier alpha value is -0.260. The van der Waals surface area contributed by atoms with E-state index in [9.17, 15) is 0 Å². The van der Waals surface area contributed by atoms with Crippen molar-refractivity contribution in [1.29, 1.82) is 0 Å². The Morgan fingerprint density at radius 2 is 1.62 bits per heavy atom. The van der Waals surface area contributed by atoms with Crippen LogP contribution in [0.5, 0.6) is 0 Å². The minimum absolute atomic E-state index is 0.544. The van der Waals surface area contributed by atoms with Crippen molar-refractivity contribution >= 4 is 0 Å². The van der Waals surface area contributed by atoms with Crippen LogP contribution in [0.1, 0.15) is 66.2 Å². The molecular formula is C13H26. The van der Waals surface area contributed by atoms with Gasteiger partial charge in [0.25, 0.3) is 0 Å². The summed E-state index contributed by atoms with van der Waals surface area (Å²) in [5.74, 6) is 0. The van der Waals surface area contributed by atoms with Crippen LogP contribution >= 0.6 is 0 Å². The lowest BCUT2D eigenvalue weighted by Crippen LogP contribution is -2.11. The molecule has 0 saturated heterocycles. The summed E-state index contributed by atoms with van der Waals surface area (Å²) in [6.45, 7) is 9.22. The smallest absolute Gasteiger partial charge is 0.0297 e. The Labute approximate surface area is 84.4 Å². The standard InChI is InChI=1S/C13H26/c1-5-8-9-10-11-12-13(4,6-2)7-3/h10-11H,5-9,12H2,1-4H3. The first-order chi connectivity index (χ1) is 6.18. The van der Waals surface area contributed by atoms with Gasteiger partial charge in [-0.15, -0.1) is 0 Å². The molecule has 0 saturated carbocycles. The molecule has 0 unspecified atom stereocenters. The van der Waals surface area contributed by atoms with E-state index in [1.807, 2.05) is 0 Å². The molecule has 0 heterocycles. The first-order valence-electron chi connectivity index (χ1n) is 5.83. The van der Waals surface area contributed by atoms with E-state index in [0.717, 1.165) is 0 Å². The summed E-state index contributed by atoms with van der Waals surface area (Å²) in [6.07, 6.45) is 12.5. The Balaban J connectivity index is 3.65. The van der Waals surface area contributed by atoms with Gasteiger partial charge in [-0.3, -0.25) is 0 Å². The highest BCUT2D eigenvalue weighted by Crippen LogP contribution is 2.29. The fourth-order valence-corrected chi connectivity index (χ4v) is 1.35. The molecule has 13 heavy (non-hydrogen) atoms. The molecule has 0 amide bonds. The van der Waals surface area contributed by atoms with Gasteiger partial charge in [0.05, 0.1) is 0 Å². The zero-order valence-electron chi connectivity index (χ0n) is 9.90. The van der Waals surface area contributed by atoms with E-state index in [4.69, 9.17) is 0 Å². The van der Waals surface area contributed by atoms with Gasteiger partial charge in [0.2, 0.25) is 0 Å². The van der Waals surface area contributed by atoms with E-state index in [2.05, 4.69) is 39.8 Å². The maximum Gasteiger partial charge on any atom is -0.0297 e. The van der Waals surface area contributed by atoms with Crippen molar-refractivity contribution in [3.63, 3.8) is 0 Å². The van der Waals surface area contributed by atoms with Gasteiger partial charge in [-0.05, 0) is 18.3 Å². The lowest BCUT2D eigenvalue weighted by Gasteiger charge is -2.24. The van der Waals surface area contributed by atoms with Crippen LogP contribution in [0, 0.1) is 5.41 Å². The number of unbranched alkanes of at least 4 members (excludes halogenated alkanes) is 2. The fraction of sp³-hybridized carbons (Fsp3) is 0.846. The molecule has 0 aromatic rings. The maximum absolute atomic E-state index is 2.39. The van der Waals surface area contributed by atoms with Crippen molar-refractivity contribution in [1.82, 2.24) is 0 Å². The maximum atomic E-state index is 2.39. The number of rotatable bonds is 7. The minimum atomic E-state index is 0.544. The Morgan fingerprint density at radius 1 is 1.00 bits per heavy atom. The fourth-order valence-electron chi connectivity index (χ4n) is 1.35. The van der Waals surface area contributed by atoms with E-state index in [-0.39, 0.29) is 0 Å². The van der Waals surface area contributed by atoms with Gasteiger partial charge in [-0.2, -0.15) is 0 Å². The van der Waals surface area contributed by atoms with E-state index < -0.39 is 0 Å². The topological polar surface area (TPSA) is 0 Å². The van der Waals surface area contributed by atoms with Gasteiger partial charge in [-0.25, -0.2) is 0 Å². The van der Waals surface area contributed by atoms with Crippen LogP contribution < -0.4 is 0 Å². The molecule has 0 bridgehead atoms. The van der Waals surface area contributed by atoms with Crippen LogP contribution in [-0.4, -0.2) is 0 Å². The molecule has 0 aliphatic rings. The second kappa shape index (κ2) is 7.17. The number of allylic oxidation sites excluding steroid dienone is 2. The highest BCUT2D eigenvalue weighted by Gasteiger charge is 2.16. The average molecular weight is 182 g/mol. The van der Waals surface area contributed by atoms with Crippen LogP contribution in [0.15, 0.2) is 12.2 Å². The normalized spacial score (nSPS) is 12.6. The van der Waals surface area contributed by atoms with Crippen LogP contribution in [0.3, 0.4) is 0 Å². The first-order valence-corrected chi connectivity index (χ1v) is 5.83. The second-order valence-corrected chi connectivity index (χ2v) is 4.34. The van der Waals surface area contributed by atoms with Gasteiger partial charge >= 0.3 is 0 Å². The molecule has 0 radical (unpaired) electrons. The molecule has 0 aliphatic heterocycles. The Morgan fingerprint density at radius 3 is 2.08 bits per heavy atom. The zero-order chi connectivity index (χ0) is 10.2. The lowest BCUT2D eigenvalue weighted by atomic mass is 9.81. The molecule has 0 spiro atoms. The van der Waals surface area contributed by atoms with Gasteiger partial charge in [0.15, 0.2) is 0 Å². The largest absolute Gasteiger partial charge is 0.0885 e.